The second-order valence-corrected chi connectivity index (χ2v) is 14.2. The Morgan fingerprint density at radius 2 is 1.79 bits per heavy atom. The van der Waals surface area contributed by atoms with Gasteiger partial charge in [-0.1, -0.05) is 0 Å². The average Bonchev–Trinajstić information content (AvgIpc) is 3.39. The molecule has 1 spiro atoms. The fraction of sp³-hybridized carbons (Fsp3) is 0.514. The summed E-state index contributed by atoms with van der Waals surface area (Å²) >= 11 is 0. The van der Waals surface area contributed by atoms with E-state index in [0.29, 0.717) is 64.3 Å². The zero-order valence-electron chi connectivity index (χ0n) is 27.7. The second kappa shape index (κ2) is 13.1. The highest BCUT2D eigenvalue weighted by molar-refractivity contribution is 6.05. The van der Waals surface area contributed by atoms with Gasteiger partial charge in [-0.3, -0.25) is 20.1 Å². The number of halogens is 1. The number of hydrogen-bond acceptors (Lipinski definition) is 8. The Kier molecular flexibility index (Phi) is 8.50. The molecule has 0 saturated carbocycles. The van der Waals surface area contributed by atoms with Gasteiger partial charge in [-0.15, -0.1) is 0 Å². The Morgan fingerprint density at radius 1 is 0.979 bits per heavy atom. The van der Waals surface area contributed by atoms with Gasteiger partial charge in [-0.25, -0.2) is 9.37 Å². The van der Waals surface area contributed by atoms with Gasteiger partial charge >= 0.3 is 0 Å². The van der Waals surface area contributed by atoms with E-state index in [1.165, 1.54) is 18.9 Å². The average molecular weight is 654 g/mol. The lowest BCUT2D eigenvalue weighted by Crippen LogP contribution is -2.49. The number of aromatic nitrogens is 4. The van der Waals surface area contributed by atoms with Crippen molar-refractivity contribution in [2.45, 2.75) is 58.4 Å². The summed E-state index contributed by atoms with van der Waals surface area (Å²) < 4.78 is 29.4. The van der Waals surface area contributed by atoms with Gasteiger partial charge in [0.05, 0.1) is 47.8 Å². The minimum Gasteiger partial charge on any atom is -0.493 e. The maximum atomic E-state index is 15.8. The largest absolute Gasteiger partial charge is 0.493 e. The molecule has 10 nitrogen and oxygen atoms in total. The number of fused-ring (bicyclic) bond motifs is 7. The van der Waals surface area contributed by atoms with Crippen LogP contribution in [0.1, 0.15) is 61.0 Å². The van der Waals surface area contributed by atoms with E-state index in [-0.39, 0.29) is 11.7 Å². The molecule has 4 aromatic rings. The number of ether oxygens (including phenoxy) is 2. The smallest absolute Gasteiger partial charge is 0.258 e. The highest BCUT2D eigenvalue weighted by atomic mass is 19.1. The van der Waals surface area contributed by atoms with Gasteiger partial charge in [0.2, 0.25) is 5.95 Å². The molecule has 3 saturated heterocycles. The van der Waals surface area contributed by atoms with Crippen LogP contribution in [0, 0.1) is 24.1 Å². The van der Waals surface area contributed by atoms with Gasteiger partial charge in [-0.05, 0) is 94.6 Å². The summed E-state index contributed by atoms with van der Waals surface area (Å²) in [6, 6.07) is 8.84. The van der Waals surface area contributed by atoms with Crippen LogP contribution >= 0.6 is 0 Å². The molecule has 2 bridgehead atoms. The number of benzene rings is 1. The number of carbonyl (C=O) groups excluding carboxylic acids is 1. The van der Waals surface area contributed by atoms with Crippen LogP contribution in [0.3, 0.4) is 0 Å². The lowest BCUT2D eigenvalue weighted by atomic mass is 9.71. The fourth-order valence-corrected chi connectivity index (χ4v) is 7.93. The molecule has 4 aliphatic heterocycles. The van der Waals surface area contributed by atoms with Crippen molar-refractivity contribution in [1.82, 2.24) is 24.4 Å². The van der Waals surface area contributed by atoms with E-state index in [1.54, 1.807) is 24.5 Å². The van der Waals surface area contributed by atoms with Crippen molar-refractivity contribution in [3.05, 3.63) is 59.8 Å². The fourth-order valence-electron chi connectivity index (χ4n) is 7.93. The maximum absolute atomic E-state index is 15.8. The molecule has 0 radical (unpaired) electrons. The molecule has 11 heteroatoms. The van der Waals surface area contributed by atoms with E-state index in [0.717, 1.165) is 89.1 Å². The summed E-state index contributed by atoms with van der Waals surface area (Å²) in [6.07, 6.45) is 10.7. The highest BCUT2D eigenvalue weighted by Gasteiger charge is 2.39. The van der Waals surface area contributed by atoms with Crippen molar-refractivity contribution >= 4 is 28.6 Å². The van der Waals surface area contributed by atoms with Crippen LogP contribution in [0.25, 0.3) is 22.3 Å². The SMILES string of the molecule is Cc1cc2cc(n1)-c1cnccc1OCCCCCn1c(nc3cc(F)c(N4CCC5(CCN(CC6COC6)CC5)CC4)cc31)NC2=O. The predicted molar refractivity (Wildman–Crippen MR) is 183 cm³/mol. The normalized spacial score (nSPS) is 20.6. The highest BCUT2D eigenvalue weighted by Crippen LogP contribution is 2.43. The van der Waals surface area contributed by atoms with Crippen LogP contribution < -0.4 is 15.0 Å². The van der Waals surface area contributed by atoms with Gasteiger partial charge in [-0.2, -0.15) is 0 Å². The second-order valence-electron chi connectivity index (χ2n) is 14.2. The summed E-state index contributed by atoms with van der Waals surface area (Å²) in [5.74, 6) is 1.27. The predicted octanol–water partition coefficient (Wildman–Crippen LogP) is 6.08. The quantitative estimate of drug-likeness (QED) is 0.284. The van der Waals surface area contributed by atoms with Crippen molar-refractivity contribution in [3.8, 4) is 17.0 Å². The van der Waals surface area contributed by atoms with Crippen molar-refractivity contribution in [2.75, 3.05) is 62.8 Å². The van der Waals surface area contributed by atoms with E-state index in [1.807, 2.05) is 23.6 Å². The zero-order valence-corrected chi connectivity index (χ0v) is 27.7. The Hall–Kier alpha value is -4.09. The first-order chi connectivity index (χ1) is 23.4. The molecule has 1 N–H and O–H groups in total. The monoisotopic (exact) mass is 653 g/mol. The van der Waals surface area contributed by atoms with Crippen molar-refractivity contribution in [1.29, 1.82) is 0 Å². The molecule has 3 fully saturated rings. The maximum Gasteiger partial charge on any atom is 0.258 e. The van der Waals surface area contributed by atoms with E-state index in [2.05, 4.69) is 25.1 Å². The van der Waals surface area contributed by atoms with Gasteiger partial charge in [0, 0.05) is 61.8 Å². The molecular weight excluding hydrogens is 609 g/mol. The van der Waals surface area contributed by atoms with Crippen LogP contribution in [-0.2, 0) is 11.3 Å². The number of anilines is 2. The number of nitrogens with one attached hydrogen (secondary N) is 1. The number of piperidine rings is 2. The van der Waals surface area contributed by atoms with Gasteiger partial charge in [0.1, 0.15) is 11.6 Å². The van der Waals surface area contributed by atoms with Crippen molar-refractivity contribution < 1.29 is 18.7 Å². The van der Waals surface area contributed by atoms with E-state index >= 15 is 4.39 Å². The van der Waals surface area contributed by atoms with E-state index < -0.39 is 0 Å². The Balaban J connectivity index is 1.04. The molecule has 3 aromatic heterocycles. The van der Waals surface area contributed by atoms with Crippen molar-refractivity contribution in [2.24, 2.45) is 11.3 Å². The Labute approximate surface area is 280 Å². The molecule has 8 rings (SSSR count). The molecule has 1 aromatic carbocycles. The standard InChI is InChI=1S/C37H44FN7O3/c1-25-17-27-18-30(40-25)28-21-39-10-5-34(28)48-16-4-2-3-11-45-33-20-32(29(38)19-31(33)41-36(45)42-35(27)46)44-14-8-37(9-15-44)6-12-43(13-7-37)22-26-23-47-24-26/h5,10,17-21,26H,2-4,6-9,11-16,22-24H2,1H3,(H,41,42,46). The number of nitrogens with zero attached hydrogens (tertiary/aromatic N) is 6. The number of carbonyl (C=O) groups is 1. The van der Waals surface area contributed by atoms with Gasteiger partial charge in [0.25, 0.3) is 5.91 Å². The van der Waals surface area contributed by atoms with Gasteiger partial charge < -0.3 is 23.8 Å². The third-order valence-corrected chi connectivity index (χ3v) is 10.9. The number of aryl methyl sites for hydroxylation is 2. The lowest BCUT2D eigenvalue weighted by Gasteiger charge is -2.48. The molecule has 0 atom stereocenters. The number of amides is 1. The van der Waals surface area contributed by atoms with Crippen LogP contribution in [0.2, 0.25) is 0 Å². The van der Waals surface area contributed by atoms with Crippen LogP contribution in [0.15, 0.2) is 42.7 Å². The summed E-state index contributed by atoms with van der Waals surface area (Å²) in [5, 5.41) is 3.05. The van der Waals surface area contributed by atoms with Crippen molar-refractivity contribution in [3.63, 3.8) is 0 Å². The number of hydrogen-bond donors (Lipinski definition) is 1. The third kappa shape index (κ3) is 6.25. The van der Waals surface area contributed by atoms with Crippen LogP contribution in [-0.4, -0.2) is 82.9 Å². The molecule has 48 heavy (non-hydrogen) atoms. The molecule has 0 aliphatic carbocycles. The third-order valence-electron chi connectivity index (χ3n) is 10.9. The number of imidazole rings is 1. The summed E-state index contributed by atoms with van der Waals surface area (Å²) in [5.41, 5.74) is 4.88. The lowest BCUT2D eigenvalue weighted by molar-refractivity contribution is -0.0541. The number of likely N-dealkylation sites (tertiary alicyclic amines) is 1. The molecular formula is C37H44FN7O3. The Morgan fingerprint density at radius 3 is 2.58 bits per heavy atom. The molecule has 0 unspecified atom stereocenters. The summed E-state index contributed by atoms with van der Waals surface area (Å²) in [6.45, 7) is 10.0. The topological polar surface area (TPSA) is 97.6 Å². The minimum atomic E-state index is -0.298. The molecule has 7 heterocycles. The minimum absolute atomic E-state index is 0.264. The van der Waals surface area contributed by atoms with Crippen LogP contribution in [0.5, 0.6) is 5.75 Å². The molecule has 1 amide bonds. The number of rotatable bonds is 3. The number of pyridine rings is 2. The Bertz CT molecular complexity index is 1800. The van der Waals surface area contributed by atoms with E-state index in [9.17, 15) is 4.79 Å². The van der Waals surface area contributed by atoms with Gasteiger partial charge in [0.15, 0.2) is 0 Å². The van der Waals surface area contributed by atoms with E-state index in [4.69, 9.17) is 14.5 Å². The summed E-state index contributed by atoms with van der Waals surface area (Å²) in [4.78, 5) is 32.3. The first-order valence-electron chi connectivity index (χ1n) is 17.6. The van der Waals surface area contributed by atoms with Crippen LogP contribution in [0.4, 0.5) is 16.0 Å². The first kappa shape index (κ1) is 31.2. The zero-order chi connectivity index (χ0) is 32.7. The first-order valence-corrected chi connectivity index (χ1v) is 17.6. The molecule has 252 valence electrons. The molecule has 4 aliphatic rings. The summed E-state index contributed by atoms with van der Waals surface area (Å²) in [7, 11) is 0.